The molecule has 30 heavy (non-hydrogen) atoms. The Kier molecular flexibility index (Phi) is 8.35. The highest BCUT2D eigenvalue weighted by Gasteiger charge is 2.28. The average molecular weight is 439 g/mol. The standard InChI is InChI=1S/C21H34N4O4S/c1-22-21(24-18-8-13-30(26,27)16-18)23-15-17-4-3-5-20(14-17)29-12-9-25(2)19-6-10-28-11-7-19/h3-5,14,18-19H,6-13,15-16H2,1-2H3,(H2,22,23,24). The largest absolute Gasteiger partial charge is 0.492 e. The summed E-state index contributed by atoms with van der Waals surface area (Å²) in [4.78, 5) is 6.56. The number of guanidine groups is 1. The van der Waals surface area contributed by atoms with Crippen LogP contribution in [0.2, 0.25) is 0 Å². The molecule has 0 saturated carbocycles. The van der Waals surface area contributed by atoms with Crippen molar-refractivity contribution in [2.75, 3.05) is 52.0 Å². The second kappa shape index (κ2) is 11.0. The number of sulfone groups is 1. The minimum absolute atomic E-state index is 0.0800. The fraction of sp³-hybridized carbons (Fsp3) is 0.667. The molecule has 1 unspecified atom stereocenters. The van der Waals surface area contributed by atoms with E-state index < -0.39 is 9.84 Å². The number of nitrogens with one attached hydrogen (secondary N) is 2. The zero-order valence-corrected chi connectivity index (χ0v) is 18.8. The number of rotatable bonds is 8. The molecule has 3 rings (SSSR count). The van der Waals surface area contributed by atoms with Gasteiger partial charge in [0.1, 0.15) is 12.4 Å². The van der Waals surface area contributed by atoms with E-state index in [1.807, 2.05) is 24.3 Å². The van der Waals surface area contributed by atoms with Gasteiger partial charge in [-0.15, -0.1) is 0 Å². The monoisotopic (exact) mass is 438 g/mol. The quantitative estimate of drug-likeness (QED) is 0.463. The van der Waals surface area contributed by atoms with Gasteiger partial charge in [0.2, 0.25) is 0 Å². The van der Waals surface area contributed by atoms with Crippen molar-refractivity contribution in [3.8, 4) is 5.75 Å². The number of hydrogen-bond acceptors (Lipinski definition) is 6. The molecular formula is C21H34N4O4S. The van der Waals surface area contributed by atoms with E-state index >= 15 is 0 Å². The van der Waals surface area contributed by atoms with Crippen molar-refractivity contribution in [1.82, 2.24) is 15.5 Å². The Morgan fingerprint density at radius 1 is 1.30 bits per heavy atom. The summed E-state index contributed by atoms with van der Waals surface area (Å²) in [7, 11) is 0.919. The normalized spacial score (nSPS) is 22.2. The van der Waals surface area contributed by atoms with Crippen molar-refractivity contribution in [3.63, 3.8) is 0 Å². The van der Waals surface area contributed by atoms with Crippen LogP contribution in [0.15, 0.2) is 29.3 Å². The minimum atomic E-state index is -2.92. The van der Waals surface area contributed by atoms with Crippen molar-refractivity contribution in [2.45, 2.75) is 37.9 Å². The molecule has 0 aromatic heterocycles. The summed E-state index contributed by atoms with van der Waals surface area (Å²) in [5.74, 6) is 1.87. The van der Waals surface area contributed by atoms with Gasteiger partial charge in [0.05, 0.1) is 11.5 Å². The fourth-order valence-electron chi connectivity index (χ4n) is 3.84. The molecule has 2 saturated heterocycles. The van der Waals surface area contributed by atoms with Crippen LogP contribution in [0, 0.1) is 0 Å². The lowest BCUT2D eigenvalue weighted by molar-refractivity contribution is 0.0392. The molecule has 0 aliphatic carbocycles. The molecule has 1 aromatic rings. The Morgan fingerprint density at radius 3 is 2.80 bits per heavy atom. The molecule has 2 aliphatic heterocycles. The molecule has 0 spiro atoms. The van der Waals surface area contributed by atoms with Gasteiger partial charge in [-0.2, -0.15) is 0 Å². The van der Waals surface area contributed by atoms with Gasteiger partial charge in [0.25, 0.3) is 0 Å². The maximum atomic E-state index is 11.6. The second-order valence-electron chi connectivity index (χ2n) is 7.99. The molecule has 2 fully saturated rings. The minimum Gasteiger partial charge on any atom is -0.492 e. The molecule has 1 atom stereocenters. The average Bonchev–Trinajstić information content (AvgIpc) is 3.10. The number of benzene rings is 1. The van der Waals surface area contributed by atoms with E-state index in [0.717, 1.165) is 43.9 Å². The summed E-state index contributed by atoms with van der Waals surface area (Å²) in [6.07, 6.45) is 2.79. The number of likely N-dealkylation sites (N-methyl/N-ethyl adjacent to an activating group) is 1. The van der Waals surface area contributed by atoms with Gasteiger partial charge in [0.15, 0.2) is 15.8 Å². The van der Waals surface area contributed by atoms with E-state index in [0.29, 0.717) is 31.6 Å². The van der Waals surface area contributed by atoms with Gasteiger partial charge >= 0.3 is 0 Å². The highest BCUT2D eigenvalue weighted by molar-refractivity contribution is 7.91. The fourth-order valence-corrected chi connectivity index (χ4v) is 5.52. The van der Waals surface area contributed by atoms with Crippen LogP contribution in [0.4, 0.5) is 0 Å². The van der Waals surface area contributed by atoms with Crippen molar-refractivity contribution >= 4 is 15.8 Å². The van der Waals surface area contributed by atoms with Gasteiger partial charge in [-0.25, -0.2) is 8.42 Å². The lowest BCUT2D eigenvalue weighted by Gasteiger charge is -2.31. The molecule has 2 heterocycles. The highest BCUT2D eigenvalue weighted by Crippen LogP contribution is 2.15. The third-order valence-corrected chi connectivity index (χ3v) is 7.45. The Balaban J connectivity index is 1.42. The van der Waals surface area contributed by atoms with Crippen LogP contribution in [-0.2, 0) is 21.1 Å². The Bertz CT molecular complexity index is 809. The molecule has 2 aliphatic rings. The number of nitrogens with zero attached hydrogens (tertiary/aromatic N) is 2. The highest BCUT2D eigenvalue weighted by atomic mass is 32.2. The summed E-state index contributed by atoms with van der Waals surface area (Å²) in [5.41, 5.74) is 1.08. The van der Waals surface area contributed by atoms with Gasteiger partial charge in [-0.3, -0.25) is 9.89 Å². The van der Waals surface area contributed by atoms with Crippen LogP contribution >= 0.6 is 0 Å². The second-order valence-corrected chi connectivity index (χ2v) is 10.2. The third-order valence-electron chi connectivity index (χ3n) is 5.68. The summed E-state index contributed by atoms with van der Waals surface area (Å²) < 4.78 is 34.6. The summed E-state index contributed by atoms with van der Waals surface area (Å²) in [5, 5.41) is 6.45. The zero-order chi connectivity index (χ0) is 21.4. The van der Waals surface area contributed by atoms with E-state index in [4.69, 9.17) is 9.47 Å². The summed E-state index contributed by atoms with van der Waals surface area (Å²) in [6, 6.07) is 8.49. The summed E-state index contributed by atoms with van der Waals surface area (Å²) >= 11 is 0. The predicted molar refractivity (Wildman–Crippen MR) is 119 cm³/mol. The third kappa shape index (κ3) is 7.14. The first-order chi connectivity index (χ1) is 14.4. The lowest BCUT2D eigenvalue weighted by atomic mass is 10.1. The Hall–Kier alpha value is -1.84. The van der Waals surface area contributed by atoms with E-state index in [1.165, 1.54) is 0 Å². The van der Waals surface area contributed by atoms with Crippen LogP contribution in [0.25, 0.3) is 0 Å². The molecule has 8 nitrogen and oxygen atoms in total. The van der Waals surface area contributed by atoms with Crippen molar-refractivity contribution in [3.05, 3.63) is 29.8 Å². The zero-order valence-electron chi connectivity index (χ0n) is 18.0. The molecule has 2 N–H and O–H groups in total. The molecule has 0 bridgehead atoms. The molecule has 9 heteroatoms. The number of ether oxygens (including phenoxy) is 2. The van der Waals surface area contributed by atoms with Crippen LogP contribution in [-0.4, -0.2) is 83.3 Å². The van der Waals surface area contributed by atoms with E-state index in [2.05, 4.69) is 27.6 Å². The van der Waals surface area contributed by atoms with Gasteiger partial charge < -0.3 is 20.1 Å². The first-order valence-corrected chi connectivity index (χ1v) is 12.4. The molecule has 0 radical (unpaired) electrons. The predicted octanol–water partition coefficient (Wildman–Crippen LogP) is 1.03. The van der Waals surface area contributed by atoms with Crippen LogP contribution in [0.5, 0.6) is 5.75 Å². The lowest BCUT2D eigenvalue weighted by Crippen LogP contribution is -2.43. The molecule has 1 aromatic carbocycles. The maximum absolute atomic E-state index is 11.6. The Morgan fingerprint density at radius 2 is 2.10 bits per heavy atom. The summed E-state index contributed by atoms with van der Waals surface area (Å²) in [6.45, 7) is 3.80. The van der Waals surface area contributed by atoms with Crippen LogP contribution in [0.1, 0.15) is 24.8 Å². The molecule has 168 valence electrons. The smallest absolute Gasteiger partial charge is 0.191 e. The van der Waals surface area contributed by atoms with Gasteiger partial charge in [-0.1, -0.05) is 12.1 Å². The number of hydrogen-bond donors (Lipinski definition) is 2. The van der Waals surface area contributed by atoms with E-state index in [9.17, 15) is 8.42 Å². The number of aliphatic imine (C=N–C) groups is 1. The van der Waals surface area contributed by atoms with Crippen molar-refractivity contribution < 1.29 is 17.9 Å². The molecule has 0 amide bonds. The maximum Gasteiger partial charge on any atom is 0.191 e. The van der Waals surface area contributed by atoms with Crippen molar-refractivity contribution in [2.24, 2.45) is 4.99 Å². The van der Waals surface area contributed by atoms with Gasteiger partial charge in [0, 0.05) is 45.4 Å². The Labute approximate surface area is 180 Å². The van der Waals surface area contributed by atoms with Crippen LogP contribution in [0.3, 0.4) is 0 Å². The van der Waals surface area contributed by atoms with Crippen molar-refractivity contribution in [1.29, 1.82) is 0 Å². The first-order valence-electron chi connectivity index (χ1n) is 10.6. The SMILES string of the molecule is CN=C(NCc1cccc(OCCN(C)C2CCOCC2)c1)NC1CCS(=O)(=O)C1. The topological polar surface area (TPSA) is 92.3 Å². The van der Waals surface area contributed by atoms with E-state index in [1.54, 1.807) is 7.05 Å². The first kappa shape index (κ1) is 22.8. The molecular weight excluding hydrogens is 404 g/mol. The van der Waals surface area contributed by atoms with Crippen LogP contribution < -0.4 is 15.4 Å². The van der Waals surface area contributed by atoms with E-state index in [-0.39, 0.29) is 17.5 Å². The van der Waals surface area contributed by atoms with Gasteiger partial charge in [-0.05, 0) is 44.0 Å².